The molecule has 0 saturated heterocycles. The predicted octanol–water partition coefficient (Wildman–Crippen LogP) is 2.32. The highest BCUT2D eigenvalue weighted by Crippen LogP contribution is 2.33. The van der Waals surface area contributed by atoms with E-state index in [9.17, 15) is 14.4 Å². The van der Waals surface area contributed by atoms with E-state index in [1.807, 2.05) is 44.2 Å². The Morgan fingerprint density at radius 3 is 2.53 bits per heavy atom. The van der Waals surface area contributed by atoms with Crippen molar-refractivity contribution in [3.63, 3.8) is 0 Å². The van der Waals surface area contributed by atoms with E-state index in [4.69, 9.17) is 5.73 Å². The molecular weight excluding hydrogens is 380 g/mol. The minimum Gasteiger partial charge on any atom is -0.351 e. The van der Waals surface area contributed by atoms with Crippen molar-refractivity contribution in [2.45, 2.75) is 33.2 Å². The summed E-state index contributed by atoms with van der Waals surface area (Å²) in [5.74, 6) is -0.716. The van der Waals surface area contributed by atoms with Crippen LogP contribution in [0.2, 0.25) is 0 Å². The highest BCUT2D eigenvalue weighted by atomic mass is 16.2. The minimum atomic E-state index is -0.640. The molecule has 2 aromatic carbocycles. The number of carbonyl (C=O) groups is 3. The molecule has 0 aromatic heterocycles. The lowest BCUT2D eigenvalue weighted by atomic mass is 9.94. The number of carbonyl (C=O) groups excluding carboxylic acids is 3. The highest BCUT2D eigenvalue weighted by Gasteiger charge is 2.34. The third-order valence-electron chi connectivity index (χ3n) is 5.29. The molecule has 158 valence electrons. The van der Waals surface area contributed by atoms with Crippen LogP contribution in [0.3, 0.4) is 0 Å². The van der Waals surface area contributed by atoms with Crippen molar-refractivity contribution < 1.29 is 14.4 Å². The Bertz CT molecular complexity index is 956. The van der Waals surface area contributed by atoms with Crippen molar-refractivity contribution in [2.24, 2.45) is 11.1 Å². The molecule has 1 aliphatic heterocycles. The Morgan fingerprint density at radius 1 is 1.17 bits per heavy atom. The van der Waals surface area contributed by atoms with Crippen LogP contribution in [0.4, 0.5) is 11.4 Å². The zero-order valence-corrected chi connectivity index (χ0v) is 17.6. The van der Waals surface area contributed by atoms with Crippen molar-refractivity contribution in [3.8, 4) is 0 Å². The summed E-state index contributed by atoms with van der Waals surface area (Å²) >= 11 is 0. The second kappa shape index (κ2) is 8.67. The molecule has 0 spiro atoms. The largest absolute Gasteiger partial charge is 0.351 e. The van der Waals surface area contributed by atoms with E-state index in [2.05, 4.69) is 10.6 Å². The lowest BCUT2D eigenvalue weighted by Crippen LogP contribution is -2.50. The number of benzene rings is 2. The van der Waals surface area contributed by atoms with Crippen LogP contribution in [0.5, 0.6) is 0 Å². The summed E-state index contributed by atoms with van der Waals surface area (Å²) in [6.07, 6.45) is 0.189. The van der Waals surface area contributed by atoms with E-state index >= 15 is 0 Å². The van der Waals surface area contributed by atoms with Crippen molar-refractivity contribution in [2.75, 3.05) is 23.3 Å². The van der Waals surface area contributed by atoms with E-state index in [0.717, 1.165) is 5.56 Å². The molecule has 0 radical (unpaired) electrons. The van der Waals surface area contributed by atoms with Gasteiger partial charge in [-0.3, -0.25) is 19.3 Å². The number of rotatable bonds is 6. The smallest absolute Gasteiger partial charge is 0.251 e. The van der Waals surface area contributed by atoms with Gasteiger partial charge in [0.05, 0.1) is 17.8 Å². The first-order valence-corrected chi connectivity index (χ1v) is 10.0. The van der Waals surface area contributed by atoms with E-state index in [0.29, 0.717) is 30.0 Å². The van der Waals surface area contributed by atoms with Gasteiger partial charge in [-0.2, -0.15) is 0 Å². The summed E-state index contributed by atoms with van der Waals surface area (Å²) in [4.78, 5) is 39.5. The second-order valence-electron chi connectivity index (χ2n) is 8.37. The molecule has 30 heavy (non-hydrogen) atoms. The van der Waals surface area contributed by atoms with Crippen LogP contribution in [0, 0.1) is 5.41 Å². The van der Waals surface area contributed by atoms with E-state index in [-0.39, 0.29) is 29.6 Å². The fraction of sp³-hybridized carbons (Fsp3) is 0.348. The Hall–Kier alpha value is -3.19. The van der Waals surface area contributed by atoms with Gasteiger partial charge in [0, 0.05) is 12.1 Å². The zero-order chi connectivity index (χ0) is 21.9. The van der Waals surface area contributed by atoms with Gasteiger partial charge >= 0.3 is 0 Å². The first-order valence-electron chi connectivity index (χ1n) is 10.0. The number of nitrogens with zero attached hydrogens (tertiary/aromatic N) is 1. The van der Waals surface area contributed by atoms with Crippen molar-refractivity contribution in [1.82, 2.24) is 5.32 Å². The van der Waals surface area contributed by atoms with Crippen LogP contribution in [0.1, 0.15) is 36.7 Å². The first kappa shape index (κ1) is 21.5. The van der Waals surface area contributed by atoms with Gasteiger partial charge in [-0.05, 0) is 42.6 Å². The van der Waals surface area contributed by atoms with Gasteiger partial charge in [-0.25, -0.2) is 0 Å². The Balaban J connectivity index is 1.83. The number of nitrogens with one attached hydrogen (secondary N) is 2. The number of fused-ring (bicyclic) bond motifs is 1. The maximum Gasteiger partial charge on any atom is 0.251 e. The number of amides is 3. The molecule has 0 aliphatic carbocycles. The van der Waals surface area contributed by atoms with E-state index in [1.165, 1.54) is 4.90 Å². The molecule has 0 saturated carbocycles. The van der Waals surface area contributed by atoms with Crippen molar-refractivity contribution in [1.29, 1.82) is 0 Å². The van der Waals surface area contributed by atoms with Crippen LogP contribution in [-0.2, 0) is 16.0 Å². The van der Waals surface area contributed by atoms with Crippen LogP contribution in [-0.4, -0.2) is 36.9 Å². The van der Waals surface area contributed by atoms with Gasteiger partial charge in [0.2, 0.25) is 11.8 Å². The molecule has 2 aromatic rings. The summed E-state index contributed by atoms with van der Waals surface area (Å²) in [5, 5.41) is 5.68. The van der Waals surface area contributed by atoms with Crippen LogP contribution in [0.25, 0.3) is 0 Å². The molecule has 4 N–H and O–H groups in total. The average Bonchev–Trinajstić information content (AvgIpc) is 2.73. The maximum atomic E-state index is 13.0. The lowest BCUT2D eigenvalue weighted by Gasteiger charge is -2.35. The molecule has 1 unspecified atom stereocenters. The highest BCUT2D eigenvalue weighted by molar-refractivity contribution is 6.13. The summed E-state index contributed by atoms with van der Waals surface area (Å²) in [6, 6.07) is 13.7. The van der Waals surface area contributed by atoms with Crippen molar-refractivity contribution in [3.05, 3.63) is 59.7 Å². The number of nitrogens with two attached hydrogens (primary N) is 1. The van der Waals surface area contributed by atoms with Gasteiger partial charge in [0.15, 0.2) is 0 Å². The Morgan fingerprint density at radius 2 is 1.87 bits per heavy atom. The fourth-order valence-corrected chi connectivity index (χ4v) is 3.25. The standard InChI is InChI=1S/C23H28N4O3/c1-15-21(29)26-18-12-17(22(30)25-14-23(2,3)13-24)9-10-19(18)27(15)20(28)11-16-7-5-4-6-8-16/h4-10,12,15H,11,13-14,24H2,1-3H3,(H,25,30)(H,26,29). The Kier molecular flexibility index (Phi) is 6.22. The molecule has 0 bridgehead atoms. The lowest BCUT2D eigenvalue weighted by molar-refractivity contribution is -0.123. The SMILES string of the molecule is CC1C(=O)Nc2cc(C(=O)NCC(C)(C)CN)ccc2N1C(=O)Cc1ccccc1. The van der Waals surface area contributed by atoms with Gasteiger partial charge in [-0.1, -0.05) is 44.2 Å². The summed E-state index contributed by atoms with van der Waals surface area (Å²) in [5.41, 5.74) is 7.82. The average molecular weight is 409 g/mol. The summed E-state index contributed by atoms with van der Waals surface area (Å²) < 4.78 is 0. The molecule has 0 fully saturated rings. The topological polar surface area (TPSA) is 105 Å². The number of hydrogen-bond donors (Lipinski definition) is 3. The first-order chi connectivity index (χ1) is 14.2. The molecule has 7 heteroatoms. The maximum absolute atomic E-state index is 13.0. The third kappa shape index (κ3) is 4.68. The third-order valence-corrected chi connectivity index (χ3v) is 5.29. The Labute approximate surface area is 176 Å². The van der Waals surface area contributed by atoms with Gasteiger partial charge < -0.3 is 16.4 Å². The second-order valence-corrected chi connectivity index (χ2v) is 8.37. The molecule has 7 nitrogen and oxygen atoms in total. The predicted molar refractivity (Wildman–Crippen MR) is 117 cm³/mol. The molecule has 3 rings (SSSR count). The molecular formula is C23H28N4O3. The van der Waals surface area contributed by atoms with Crippen LogP contribution < -0.4 is 21.3 Å². The van der Waals surface area contributed by atoms with Gasteiger partial charge in [0.25, 0.3) is 5.91 Å². The van der Waals surface area contributed by atoms with Crippen molar-refractivity contribution >= 4 is 29.1 Å². The molecule has 1 atom stereocenters. The zero-order valence-electron chi connectivity index (χ0n) is 17.6. The van der Waals surface area contributed by atoms with E-state index in [1.54, 1.807) is 25.1 Å². The minimum absolute atomic E-state index is 0.174. The summed E-state index contributed by atoms with van der Waals surface area (Å²) in [6.45, 7) is 6.51. The number of anilines is 2. The quantitative estimate of drug-likeness (QED) is 0.682. The van der Waals surface area contributed by atoms with Gasteiger partial charge in [-0.15, -0.1) is 0 Å². The monoisotopic (exact) mass is 408 g/mol. The van der Waals surface area contributed by atoms with Gasteiger partial charge in [0.1, 0.15) is 6.04 Å². The normalized spacial score (nSPS) is 15.9. The fourth-order valence-electron chi connectivity index (χ4n) is 3.25. The molecule has 3 amide bonds. The summed E-state index contributed by atoms with van der Waals surface area (Å²) in [7, 11) is 0. The number of hydrogen-bond acceptors (Lipinski definition) is 4. The van der Waals surface area contributed by atoms with E-state index < -0.39 is 6.04 Å². The van der Waals surface area contributed by atoms with Crippen LogP contribution in [0.15, 0.2) is 48.5 Å². The molecule has 1 heterocycles. The van der Waals surface area contributed by atoms with Crippen LogP contribution >= 0.6 is 0 Å². The molecule has 1 aliphatic rings.